The fourth-order valence-electron chi connectivity index (χ4n) is 1.17. The van der Waals surface area contributed by atoms with E-state index in [1.165, 1.54) is 0 Å². The first-order valence-corrected chi connectivity index (χ1v) is 4.11. The van der Waals surface area contributed by atoms with Crippen LogP contribution in [0, 0.1) is 23.2 Å². The Morgan fingerprint density at radius 3 is 2.92 bits per heavy atom. The van der Waals surface area contributed by atoms with E-state index in [2.05, 4.69) is 10.6 Å². The average molecular weight is 167 g/mol. The maximum Gasteiger partial charge on any atom is 0.224 e. The van der Waals surface area contributed by atoms with Gasteiger partial charge in [-0.3, -0.25) is 4.79 Å². The molecule has 0 aromatic carbocycles. The number of hydrogen-bond donors (Lipinski definition) is 2. The second-order valence-corrected chi connectivity index (χ2v) is 3.08. The van der Waals surface area contributed by atoms with Gasteiger partial charge in [0.25, 0.3) is 0 Å². The molecule has 1 atom stereocenters. The van der Waals surface area contributed by atoms with Gasteiger partial charge in [0.15, 0.2) is 0 Å². The summed E-state index contributed by atoms with van der Waals surface area (Å²) < 4.78 is 0. The molecule has 0 radical (unpaired) electrons. The highest BCUT2D eigenvalue weighted by Gasteiger charge is 2.28. The third-order valence-corrected chi connectivity index (χ3v) is 2.28. The first-order chi connectivity index (χ1) is 5.75. The first kappa shape index (κ1) is 9.01. The zero-order valence-corrected chi connectivity index (χ0v) is 7.13. The first-order valence-electron chi connectivity index (χ1n) is 4.11. The topological polar surface area (TPSA) is 64.9 Å². The summed E-state index contributed by atoms with van der Waals surface area (Å²) in [5.41, 5.74) is 0. The molecule has 1 fully saturated rings. The molecule has 12 heavy (non-hydrogen) atoms. The van der Waals surface area contributed by atoms with E-state index in [0.29, 0.717) is 5.92 Å². The van der Waals surface area contributed by atoms with Crippen molar-refractivity contribution in [2.24, 2.45) is 11.8 Å². The minimum Gasteiger partial charge on any atom is -0.343 e. The number of nitriles is 1. The van der Waals surface area contributed by atoms with Gasteiger partial charge in [-0.15, -0.1) is 0 Å². The van der Waals surface area contributed by atoms with Gasteiger partial charge in [0.2, 0.25) is 5.91 Å². The third kappa shape index (κ3) is 1.95. The quantitative estimate of drug-likeness (QED) is 0.556. The average Bonchev–Trinajstić information content (AvgIpc) is 1.96. The Bertz CT molecular complexity index is 205. The molecule has 2 N–H and O–H groups in total. The van der Waals surface area contributed by atoms with Gasteiger partial charge in [-0.2, -0.15) is 5.26 Å². The molecule has 0 aromatic heterocycles. The molecule has 0 spiro atoms. The number of carbonyl (C=O) groups excluding carboxylic acids is 1. The predicted octanol–water partition coefficient (Wildman–Crippen LogP) is -0.518. The second-order valence-electron chi connectivity index (χ2n) is 3.08. The number of carbonyl (C=O) groups is 1. The Hall–Kier alpha value is -1.08. The molecule has 1 saturated heterocycles. The lowest BCUT2D eigenvalue weighted by Gasteiger charge is -2.31. The molecular weight excluding hydrogens is 154 g/mol. The van der Waals surface area contributed by atoms with Gasteiger partial charge < -0.3 is 10.6 Å². The van der Waals surface area contributed by atoms with E-state index in [0.717, 1.165) is 13.1 Å². The van der Waals surface area contributed by atoms with Crippen LogP contribution >= 0.6 is 0 Å². The molecule has 0 aliphatic carbocycles. The van der Waals surface area contributed by atoms with Crippen LogP contribution in [-0.2, 0) is 4.79 Å². The Balaban J connectivity index is 2.26. The molecule has 1 rings (SSSR count). The van der Waals surface area contributed by atoms with Crippen molar-refractivity contribution in [2.75, 3.05) is 19.6 Å². The Morgan fingerprint density at radius 2 is 2.50 bits per heavy atom. The van der Waals surface area contributed by atoms with Crippen LogP contribution in [0.5, 0.6) is 0 Å². The monoisotopic (exact) mass is 167 g/mol. The van der Waals surface area contributed by atoms with E-state index >= 15 is 0 Å². The standard InChI is InChI=1S/C8H13N3O/c1-6(7-4-10-5-7)8(12)11-3-2-9/h6-7,10H,3-5H2,1H3,(H,11,12). The fourth-order valence-corrected chi connectivity index (χ4v) is 1.17. The smallest absolute Gasteiger partial charge is 0.224 e. The van der Waals surface area contributed by atoms with Gasteiger partial charge in [0.1, 0.15) is 6.54 Å². The number of rotatable bonds is 3. The zero-order chi connectivity index (χ0) is 8.97. The number of nitrogens with one attached hydrogen (secondary N) is 2. The van der Waals surface area contributed by atoms with Crippen LogP contribution in [0.15, 0.2) is 0 Å². The van der Waals surface area contributed by atoms with Crippen molar-refractivity contribution in [3.05, 3.63) is 0 Å². The summed E-state index contributed by atoms with van der Waals surface area (Å²) in [5, 5.41) is 13.9. The van der Waals surface area contributed by atoms with E-state index < -0.39 is 0 Å². The summed E-state index contributed by atoms with van der Waals surface area (Å²) in [5.74, 6) is 0.464. The normalized spacial score (nSPS) is 19.0. The predicted molar refractivity (Wildman–Crippen MR) is 44.1 cm³/mol. The van der Waals surface area contributed by atoms with Gasteiger partial charge in [-0.05, 0) is 19.0 Å². The van der Waals surface area contributed by atoms with Gasteiger partial charge >= 0.3 is 0 Å². The van der Waals surface area contributed by atoms with Crippen LogP contribution in [0.3, 0.4) is 0 Å². The fraction of sp³-hybridized carbons (Fsp3) is 0.750. The van der Waals surface area contributed by atoms with Crippen LogP contribution in [0.1, 0.15) is 6.92 Å². The molecule has 0 saturated carbocycles. The van der Waals surface area contributed by atoms with Crippen molar-refractivity contribution < 1.29 is 4.79 Å². The summed E-state index contributed by atoms with van der Waals surface area (Å²) in [6.45, 7) is 3.85. The van der Waals surface area contributed by atoms with Crippen molar-refractivity contribution in [1.29, 1.82) is 5.26 Å². The van der Waals surface area contributed by atoms with E-state index in [1.54, 1.807) is 0 Å². The highest BCUT2D eigenvalue weighted by molar-refractivity contribution is 5.78. The van der Waals surface area contributed by atoms with Crippen molar-refractivity contribution in [3.8, 4) is 6.07 Å². The molecule has 1 heterocycles. The molecular formula is C8H13N3O. The van der Waals surface area contributed by atoms with Crippen LogP contribution in [0.2, 0.25) is 0 Å². The summed E-state index contributed by atoms with van der Waals surface area (Å²) in [6, 6.07) is 1.88. The second kappa shape index (κ2) is 4.07. The number of nitrogens with zero attached hydrogens (tertiary/aromatic N) is 1. The highest BCUT2D eigenvalue weighted by Crippen LogP contribution is 2.15. The van der Waals surface area contributed by atoms with E-state index in [-0.39, 0.29) is 18.4 Å². The lowest BCUT2D eigenvalue weighted by Crippen LogP contribution is -2.49. The highest BCUT2D eigenvalue weighted by atomic mass is 16.1. The van der Waals surface area contributed by atoms with Crippen LogP contribution < -0.4 is 10.6 Å². The summed E-state index contributed by atoms with van der Waals surface area (Å²) >= 11 is 0. The summed E-state index contributed by atoms with van der Waals surface area (Å²) in [4.78, 5) is 11.2. The summed E-state index contributed by atoms with van der Waals surface area (Å²) in [7, 11) is 0. The van der Waals surface area contributed by atoms with Crippen molar-refractivity contribution in [1.82, 2.24) is 10.6 Å². The molecule has 66 valence electrons. The molecule has 0 aromatic rings. The van der Waals surface area contributed by atoms with Gasteiger partial charge in [-0.1, -0.05) is 6.92 Å². The third-order valence-electron chi connectivity index (χ3n) is 2.28. The van der Waals surface area contributed by atoms with Crippen LogP contribution in [0.25, 0.3) is 0 Å². The van der Waals surface area contributed by atoms with Crippen molar-refractivity contribution in [2.45, 2.75) is 6.92 Å². The SMILES string of the molecule is CC(C(=O)NCC#N)C1CNC1. The van der Waals surface area contributed by atoms with E-state index in [9.17, 15) is 4.79 Å². The Kier molecular flexibility index (Phi) is 3.06. The number of amides is 1. The molecule has 4 nitrogen and oxygen atoms in total. The Labute approximate surface area is 71.9 Å². The number of hydrogen-bond acceptors (Lipinski definition) is 3. The van der Waals surface area contributed by atoms with Crippen molar-refractivity contribution >= 4 is 5.91 Å². The maximum absolute atomic E-state index is 11.2. The Morgan fingerprint density at radius 1 is 1.83 bits per heavy atom. The summed E-state index contributed by atoms with van der Waals surface area (Å²) in [6.07, 6.45) is 0. The van der Waals surface area contributed by atoms with E-state index in [4.69, 9.17) is 5.26 Å². The van der Waals surface area contributed by atoms with Gasteiger partial charge in [0.05, 0.1) is 6.07 Å². The lowest BCUT2D eigenvalue weighted by atomic mass is 9.88. The molecule has 1 amide bonds. The molecule has 1 aliphatic heterocycles. The minimum absolute atomic E-state index is 0.0111. The van der Waals surface area contributed by atoms with Crippen LogP contribution in [0.4, 0.5) is 0 Å². The molecule has 0 bridgehead atoms. The van der Waals surface area contributed by atoms with Crippen LogP contribution in [-0.4, -0.2) is 25.5 Å². The maximum atomic E-state index is 11.2. The lowest BCUT2D eigenvalue weighted by molar-refractivity contribution is -0.126. The van der Waals surface area contributed by atoms with E-state index in [1.807, 2.05) is 13.0 Å². The van der Waals surface area contributed by atoms with Gasteiger partial charge in [0, 0.05) is 5.92 Å². The molecule has 1 aliphatic rings. The molecule has 1 unspecified atom stereocenters. The minimum atomic E-state index is -0.0111. The largest absolute Gasteiger partial charge is 0.343 e. The zero-order valence-electron chi connectivity index (χ0n) is 7.13. The van der Waals surface area contributed by atoms with Crippen molar-refractivity contribution in [3.63, 3.8) is 0 Å². The van der Waals surface area contributed by atoms with Gasteiger partial charge in [-0.25, -0.2) is 0 Å². The molecule has 4 heteroatoms.